The van der Waals surface area contributed by atoms with Crippen LogP contribution in [-0.2, 0) is 16.0 Å². The zero-order chi connectivity index (χ0) is 30.6. The number of hydrogen-bond donors (Lipinski definition) is 2. The Hall–Kier alpha value is -3.46. The number of fused-ring (bicyclic) bond motifs is 1. The molecule has 44 heavy (non-hydrogen) atoms. The van der Waals surface area contributed by atoms with Gasteiger partial charge in [0.25, 0.3) is 5.91 Å². The lowest BCUT2D eigenvalue weighted by molar-refractivity contribution is -0.142. The topological polar surface area (TPSA) is 99.7 Å². The first kappa shape index (κ1) is 30.6. The molecule has 2 N–H and O–H groups in total. The van der Waals surface area contributed by atoms with Gasteiger partial charge in [-0.05, 0) is 81.1 Å². The molecule has 2 aromatic carbocycles. The lowest BCUT2D eigenvalue weighted by atomic mass is 9.66. The summed E-state index contributed by atoms with van der Waals surface area (Å²) in [6.45, 7) is 6.71. The standard InChI is InChI=1S/C33H45B2N5O4/c1-35-27-20-22(6-7-26(27)34)21-30(31(41)38-16-10-24(11-17-38)23-8-14-36-15-9-23)44-33(43)39-18-12-25(13-19-39)40-29-5-3-2-4-28(29)37-32(40)42/h2-7,20,23-25,30,35-36H,8-19,21,34H2,1H3,(H,37,42)/t30-/m1/s1. The molecule has 1 aromatic heterocycles. The van der Waals surface area contributed by atoms with Crippen LogP contribution in [0.4, 0.5) is 4.79 Å². The first-order chi connectivity index (χ1) is 21.4. The molecule has 3 aliphatic rings. The monoisotopic (exact) mass is 597 g/mol. The van der Waals surface area contributed by atoms with E-state index >= 15 is 0 Å². The molecule has 0 bridgehead atoms. The molecule has 232 valence electrons. The highest BCUT2D eigenvalue weighted by atomic mass is 16.6. The van der Waals surface area contributed by atoms with Gasteiger partial charge in [0.1, 0.15) is 7.85 Å². The number of nitrogens with zero attached hydrogens (tertiary/aromatic N) is 3. The molecule has 3 fully saturated rings. The van der Waals surface area contributed by atoms with Gasteiger partial charge in [-0.2, -0.15) is 0 Å². The van der Waals surface area contributed by atoms with Gasteiger partial charge in [-0.1, -0.05) is 48.1 Å². The summed E-state index contributed by atoms with van der Waals surface area (Å²) in [5.41, 5.74) is 5.08. The van der Waals surface area contributed by atoms with Crippen molar-refractivity contribution >= 4 is 49.1 Å². The van der Waals surface area contributed by atoms with Gasteiger partial charge in [0.2, 0.25) is 0 Å². The van der Waals surface area contributed by atoms with Crippen LogP contribution in [0.5, 0.6) is 0 Å². The summed E-state index contributed by atoms with van der Waals surface area (Å²) in [6.07, 6.45) is 4.84. The molecule has 0 aliphatic carbocycles. The van der Waals surface area contributed by atoms with Crippen LogP contribution in [0.1, 0.15) is 50.1 Å². The van der Waals surface area contributed by atoms with Gasteiger partial charge in [-0.25, -0.2) is 9.59 Å². The molecule has 0 unspecified atom stereocenters. The van der Waals surface area contributed by atoms with Gasteiger partial charge in [-0.15, -0.1) is 0 Å². The number of imidazole rings is 1. The summed E-state index contributed by atoms with van der Waals surface area (Å²) in [7, 11) is 3.02. The molecule has 1 atom stereocenters. The number of carbonyl (C=O) groups is 2. The predicted molar refractivity (Wildman–Crippen MR) is 179 cm³/mol. The highest BCUT2D eigenvalue weighted by Gasteiger charge is 2.35. The molecular formula is C33H45B2N5O4. The fourth-order valence-electron chi connectivity index (χ4n) is 7.68. The largest absolute Gasteiger partial charge is 0.436 e. The Morgan fingerprint density at radius 3 is 2.36 bits per heavy atom. The van der Waals surface area contributed by atoms with Crippen LogP contribution in [-0.4, -0.2) is 91.8 Å². The number of carbonyl (C=O) groups excluding carboxylic acids is 2. The average Bonchev–Trinajstić information content (AvgIpc) is 3.41. The van der Waals surface area contributed by atoms with Crippen molar-refractivity contribution in [2.24, 2.45) is 11.8 Å². The number of H-pyrrole nitrogens is 1. The second-order valence-electron chi connectivity index (χ2n) is 13.0. The number of benzene rings is 2. The van der Waals surface area contributed by atoms with E-state index in [9.17, 15) is 14.4 Å². The summed E-state index contributed by atoms with van der Waals surface area (Å²) in [6, 6.07) is 14.0. The maximum Gasteiger partial charge on any atom is 0.410 e. The smallest absolute Gasteiger partial charge is 0.410 e. The van der Waals surface area contributed by atoms with Crippen LogP contribution in [0.15, 0.2) is 47.3 Å². The van der Waals surface area contributed by atoms with Crippen molar-refractivity contribution in [1.29, 1.82) is 0 Å². The van der Waals surface area contributed by atoms with Crippen molar-refractivity contribution in [2.75, 3.05) is 39.3 Å². The number of aromatic amines is 1. The van der Waals surface area contributed by atoms with Crippen molar-refractivity contribution in [1.82, 2.24) is 24.7 Å². The van der Waals surface area contributed by atoms with E-state index in [0.717, 1.165) is 68.8 Å². The van der Waals surface area contributed by atoms with E-state index in [1.807, 2.05) is 33.7 Å². The van der Waals surface area contributed by atoms with Gasteiger partial charge >= 0.3 is 11.8 Å². The minimum absolute atomic E-state index is 0.00129. The Bertz CT molecular complexity index is 1520. The number of ether oxygens (including phenoxy) is 1. The van der Waals surface area contributed by atoms with Crippen LogP contribution >= 0.6 is 0 Å². The van der Waals surface area contributed by atoms with Crippen LogP contribution in [0.2, 0.25) is 6.82 Å². The maximum atomic E-state index is 14.0. The normalized spacial score (nSPS) is 19.7. The summed E-state index contributed by atoms with van der Waals surface area (Å²) in [4.78, 5) is 46.8. The predicted octanol–water partition coefficient (Wildman–Crippen LogP) is 1.32. The lowest BCUT2D eigenvalue weighted by Crippen LogP contribution is -2.49. The third-order valence-electron chi connectivity index (χ3n) is 10.3. The molecule has 3 aliphatic heterocycles. The van der Waals surface area contributed by atoms with Gasteiger partial charge < -0.3 is 24.8 Å². The van der Waals surface area contributed by atoms with Crippen LogP contribution in [0, 0.1) is 11.8 Å². The van der Waals surface area contributed by atoms with Crippen LogP contribution < -0.4 is 21.9 Å². The van der Waals surface area contributed by atoms with Gasteiger partial charge in [-0.3, -0.25) is 9.36 Å². The lowest BCUT2D eigenvalue weighted by Gasteiger charge is -2.39. The van der Waals surface area contributed by atoms with Crippen molar-refractivity contribution in [3.8, 4) is 0 Å². The molecule has 11 heteroatoms. The molecular weight excluding hydrogens is 552 g/mol. The maximum absolute atomic E-state index is 14.0. The Labute approximate surface area is 261 Å². The SMILES string of the molecule is Bc1ccc(C[C@@H](OC(=O)N2CCC(n3c(=O)[nH]c4ccccc43)CC2)C(=O)N2CCC(C3CCNCC3)CC2)cc1BC. The quantitative estimate of drug-likeness (QED) is 0.401. The fraction of sp³-hybridized carbons (Fsp3) is 0.545. The number of nitrogens with one attached hydrogen (secondary N) is 2. The minimum atomic E-state index is -0.862. The molecule has 6 rings (SSSR count). The second-order valence-corrected chi connectivity index (χ2v) is 13.0. The van der Waals surface area contributed by atoms with E-state index in [4.69, 9.17) is 4.74 Å². The molecule has 0 radical (unpaired) electrons. The zero-order valence-corrected chi connectivity index (χ0v) is 26.2. The summed E-state index contributed by atoms with van der Waals surface area (Å²) >= 11 is 0. The van der Waals surface area contributed by atoms with E-state index in [2.05, 4.69) is 43.2 Å². The highest BCUT2D eigenvalue weighted by molar-refractivity contribution is 6.59. The molecule has 3 saturated heterocycles. The van der Waals surface area contributed by atoms with Crippen LogP contribution in [0.25, 0.3) is 11.0 Å². The Kier molecular flexibility index (Phi) is 9.50. The molecule has 0 spiro atoms. The number of likely N-dealkylation sites (tertiary alicyclic amines) is 2. The zero-order valence-electron chi connectivity index (χ0n) is 26.2. The minimum Gasteiger partial charge on any atom is -0.436 e. The van der Waals surface area contributed by atoms with E-state index in [1.54, 1.807) is 4.90 Å². The highest BCUT2D eigenvalue weighted by Crippen LogP contribution is 2.31. The number of amides is 2. The summed E-state index contributed by atoms with van der Waals surface area (Å²) in [5.74, 6) is 1.32. The second kappa shape index (κ2) is 13.7. The first-order valence-corrected chi connectivity index (χ1v) is 16.6. The third-order valence-corrected chi connectivity index (χ3v) is 10.3. The molecule has 0 saturated carbocycles. The van der Waals surface area contributed by atoms with Gasteiger partial charge in [0.15, 0.2) is 13.4 Å². The number of hydrogen-bond acceptors (Lipinski definition) is 5. The number of piperidine rings is 3. The molecule has 4 heterocycles. The number of para-hydroxylation sites is 2. The average molecular weight is 597 g/mol. The summed E-state index contributed by atoms with van der Waals surface area (Å²) in [5, 5.41) is 3.46. The molecule has 2 amide bonds. The van der Waals surface area contributed by atoms with Crippen molar-refractivity contribution < 1.29 is 14.3 Å². The molecule has 9 nitrogen and oxygen atoms in total. The first-order valence-electron chi connectivity index (χ1n) is 16.6. The van der Waals surface area contributed by atoms with E-state index in [0.29, 0.717) is 38.3 Å². The van der Waals surface area contributed by atoms with Gasteiger partial charge in [0, 0.05) is 38.6 Å². The van der Waals surface area contributed by atoms with Crippen LogP contribution in [0.3, 0.4) is 0 Å². The Morgan fingerprint density at radius 2 is 1.64 bits per heavy atom. The Morgan fingerprint density at radius 1 is 0.955 bits per heavy atom. The van der Waals surface area contributed by atoms with E-state index < -0.39 is 12.2 Å². The fourth-order valence-corrected chi connectivity index (χ4v) is 7.68. The summed E-state index contributed by atoms with van der Waals surface area (Å²) < 4.78 is 7.91. The Balaban J connectivity index is 1.12. The number of aromatic nitrogens is 2. The van der Waals surface area contributed by atoms with Crippen molar-refractivity contribution in [2.45, 2.75) is 63.9 Å². The van der Waals surface area contributed by atoms with Crippen molar-refractivity contribution in [3.63, 3.8) is 0 Å². The van der Waals surface area contributed by atoms with Gasteiger partial charge in [0.05, 0.1) is 11.0 Å². The number of rotatable bonds is 7. The third kappa shape index (κ3) is 6.63. The van der Waals surface area contributed by atoms with E-state index in [-0.39, 0.29) is 17.6 Å². The van der Waals surface area contributed by atoms with E-state index in [1.165, 1.54) is 23.8 Å². The van der Waals surface area contributed by atoms with Crippen molar-refractivity contribution in [3.05, 3.63) is 58.5 Å². The molecule has 3 aromatic rings.